The van der Waals surface area contributed by atoms with Crippen LogP contribution in [0.5, 0.6) is 0 Å². The van der Waals surface area contributed by atoms with Gasteiger partial charge in [-0.05, 0) is 24.1 Å². The molecule has 1 fully saturated rings. The lowest BCUT2D eigenvalue weighted by Crippen LogP contribution is -2.28. The SMILES string of the molecule is CC1(c2ccccc2)CCN(c2ccc(C(N)=O)nc2)C1. The Morgan fingerprint density at radius 3 is 2.62 bits per heavy atom. The molecule has 1 unspecified atom stereocenters. The van der Waals surface area contributed by atoms with E-state index < -0.39 is 5.91 Å². The van der Waals surface area contributed by atoms with Crippen LogP contribution in [-0.4, -0.2) is 24.0 Å². The Bertz CT molecular complexity index is 639. The second-order valence-electron chi connectivity index (χ2n) is 5.86. The first-order chi connectivity index (χ1) is 10.1. The Morgan fingerprint density at radius 1 is 1.24 bits per heavy atom. The first-order valence-electron chi connectivity index (χ1n) is 7.15. The zero-order valence-electron chi connectivity index (χ0n) is 12.1. The number of hydrogen-bond acceptors (Lipinski definition) is 3. The Labute approximate surface area is 124 Å². The zero-order chi connectivity index (χ0) is 14.9. The number of amides is 1. The Kier molecular flexibility index (Phi) is 3.37. The monoisotopic (exact) mass is 281 g/mol. The molecule has 1 aliphatic rings. The van der Waals surface area contributed by atoms with Gasteiger partial charge in [0.1, 0.15) is 5.69 Å². The van der Waals surface area contributed by atoms with Crippen molar-refractivity contribution in [3.05, 3.63) is 59.9 Å². The van der Waals surface area contributed by atoms with E-state index >= 15 is 0 Å². The minimum Gasteiger partial charge on any atom is -0.369 e. The summed E-state index contributed by atoms with van der Waals surface area (Å²) in [5.74, 6) is -0.489. The molecule has 2 N–H and O–H groups in total. The molecular weight excluding hydrogens is 262 g/mol. The average molecular weight is 281 g/mol. The maximum Gasteiger partial charge on any atom is 0.267 e. The Balaban J connectivity index is 1.79. The van der Waals surface area contributed by atoms with Crippen LogP contribution in [0.25, 0.3) is 0 Å². The summed E-state index contributed by atoms with van der Waals surface area (Å²) in [6, 6.07) is 14.2. The van der Waals surface area contributed by atoms with Crippen molar-refractivity contribution in [3.63, 3.8) is 0 Å². The molecule has 0 saturated carbocycles. The molecule has 1 aromatic heterocycles. The predicted octanol–water partition coefficient (Wildman–Crippen LogP) is 2.35. The van der Waals surface area contributed by atoms with E-state index in [0.29, 0.717) is 5.69 Å². The summed E-state index contributed by atoms with van der Waals surface area (Å²) < 4.78 is 0. The molecular formula is C17H19N3O. The minimum atomic E-state index is -0.489. The molecule has 0 spiro atoms. The highest BCUT2D eigenvalue weighted by Gasteiger charge is 2.35. The maximum atomic E-state index is 11.1. The van der Waals surface area contributed by atoms with E-state index in [0.717, 1.165) is 25.2 Å². The molecule has 2 heterocycles. The van der Waals surface area contributed by atoms with Crippen molar-refractivity contribution in [2.75, 3.05) is 18.0 Å². The van der Waals surface area contributed by atoms with Crippen molar-refractivity contribution in [3.8, 4) is 0 Å². The van der Waals surface area contributed by atoms with E-state index in [1.165, 1.54) is 5.56 Å². The number of carbonyl (C=O) groups is 1. The first kappa shape index (κ1) is 13.6. The number of primary amides is 1. The van der Waals surface area contributed by atoms with Crippen LogP contribution in [0, 0.1) is 0 Å². The van der Waals surface area contributed by atoms with E-state index in [9.17, 15) is 4.79 Å². The number of benzene rings is 1. The van der Waals surface area contributed by atoms with Gasteiger partial charge in [0.2, 0.25) is 0 Å². The van der Waals surface area contributed by atoms with Gasteiger partial charge >= 0.3 is 0 Å². The van der Waals surface area contributed by atoms with Gasteiger partial charge in [-0.2, -0.15) is 0 Å². The standard InChI is InChI=1S/C17H19N3O/c1-17(13-5-3-2-4-6-13)9-10-20(12-17)14-7-8-15(16(18)21)19-11-14/h2-8,11H,9-10,12H2,1H3,(H2,18,21). The Morgan fingerprint density at radius 2 is 2.00 bits per heavy atom. The summed E-state index contributed by atoms with van der Waals surface area (Å²) in [6.45, 7) is 4.24. The lowest BCUT2D eigenvalue weighted by molar-refractivity contribution is 0.0995. The van der Waals surface area contributed by atoms with Gasteiger partial charge in [0, 0.05) is 18.5 Å². The molecule has 0 aliphatic carbocycles. The van der Waals surface area contributed by atoms with Crippen LogP contribution in [-0.2, 0) is 5.41 Å². The number of anilines is 1. The largest absolute Gasteiger partial charge is 0.369 e. The van der Waals surface area contributed by atoms with E-state index in [1.807, 2.05) is 12.1 Å². The highest BCUT2D eigenvalue weighted by Crippen LogP contribution is 2.36. The summed E-state index contributed by atoms with van der Waals surface area (Å²) in [6.07, 6.45) is 2.84. The molecule has 2 aromatic rings. The van der Waals surface area contributed by atoms with Crippen molar-refractivity contribution in [1.29, 1.82) is 0 Å². The lowest BCUT2D eigenvalue weighted by Gasteiger charge is -2.26. The van der Waals surface area contributed by atoms with E-state index in [4.69, 9.17) is 5.73 Å². The molecule has 4 nitrogen and oxygen atoms in total. The second-order valence-corrected chi connectivity index (χ2v) is 5.86. The van der Waals surface area contributed by atoms with Crippen LogP contribution in [0.4, 0.5) is 5.69 Å². The minimum absolute atomic E-state index is 0.156. The second kappa shape index (κ2) is 5.20. The summed E-state index contributed by atoms with van der Waals surface area (Å²) in [5.41, 5.74) is 8.10. The Hall–Kier alpha value is -2.36. The molecule has 1 aliphatic heterocycles. The van der Waals surface area contributed by atoms with Gasteiger partial charge in [0.15, 0.2) is 0 Å². The van der Waals surface area contributed by atoms with Gasteiger partial charge in [-0.15, -0.1) is 0 Å². The third-order valence-corrected chi connectivity index (χ3v) is 4.31. The first-order valence-corrected chi connectivity index (χ1v) is 7.15. The van der Waals surface area contributed by atoms with Gasteiger partial charge in [0.05, 0.1) is 11.9 Å². The molecule has 0 bridgehead atoms. The van der Waals surface area contributed by atoms with Crippen molar-refractivity contribution < 1.29 is 4.79 Å². The predicted molar refractivity (Wildman–Crippen MR) is 83.4 cm³/mol. The molecule has 1 atom stereocenters. The van der Waals surface area contributed by atoms with Crippen molar-refractivity contribution in [1.82, 2.24) is 4.98 Å². The lowest BCUT2D eigenvalue weighted by atomic mass is 9.82. The fourth-order valence-corrected chi connectivity index (χ4v) is 2.98. The molecule has 3 rings (SSSR count). The summed E-state index contributed by atoms with van der Waals surface area (Å²) in [5, 5.41) is 0. The summed E-state index contributed by atoms with van der Waals surface area (Å²) in [4.78, 5) is 17.5. The van der Waals surface area contributed by atoms with Crippen LogP contribution in [0.15, 0.2) is 48.7 Å². The van der Waals surface area contributed by atoms with Crippen LogP contribution < -0.4 is 10.6 Å². The number of rotatable bonds is 3. The smallest absolute Gasteiger partial charge is 0.267 e. The fourth-order valence-electron chi connectivity index (χ4n) is 2.98. The number of hydrogen-bond donors (Lipinski definition) is 1. The fraction of sp³-hybridized carbons (Fsp3) is 0.294. The van der Waals surface area contributed by atoms with Crippen LogP contribution in [0.1, 0.15) is 29.4 Å². The number of pyridine rings is 1. The van der Waals surface area contributed by atoms with Crippen LogP contribution in [0.3, 0.4) is 0 Å². The van der Waals surface area contributed by atoms with E-state index in [-0.39, 0.29) is 5.41 Å². The van der Waals surface area contributed by atoms with E-state index in [1.54, 1.807) is 12.3 Å². The molecule has 4 heteroatoms. The number of nitrogens with two attached hydrogens (primary N) is 1. The number of nitrogens with zero attached hydrogens (tertiary/aromatic N) is 2. The third kappa shape index (κ3) is 2.61. The molecule has 0 radical (unpaired) electrons. The highest BCUT2D eigenvalue weighted by atomic mass is 16.1. The van der Waals surface area contributed by atoms with Gasteiger partial charge in [-0.1, -0.05) is 37.3 Å². The zero-order valence-corrected chi connectivity index (χ0v) is 12.1. The van der Waals surface area contributed by atoms with Gasteiger partial charge < -0.3 is 10.6 Å². The van der Waals surface area contributed by atoms with Crippen molar-refractivity contribution in [2.24, 2.45) is 5.73 Å². The molecule has 21 heavy (non-hydrogen) atoms. The highest BCUT2D eigenvalue weighted by molar-refractivity contribution is 5.90. The van der Waals surface area contributed by atoms with E-state index in [2.05, 4.69) is 41.1 Å². The van der Waals surface area contributed by atoms with Crippen LogP contribution in [0.2, 0.25) is 0 Å². The van der Waals surface area contributed by atoms with Crippen LogP contribution >= 0.6 is 0 Å². The number of carbonyl (C=O) groups excluding carboxylic acids is 1. The van der Waals surface area contributed by atoms with Gasteiger partial charge in [-0.3, -0.25) is 4.79 Å². The van der Waals surface area contributed by atoms with Crippen molar-refractivity contribution in [2.45, 2.75) is 18.8 Å². The average Bonchev–Trinajstić information content (AvgIpc) is 2.92. The van der Waals surface area contributed by atoms with Gasteiger partial charge in [-0.25, -0.2) is 4.98 Å². The molecule has 1 aromatic carbocycles. The van der Waals surface area contributed by atoms with Crippen molar-refractivity contribution >= 4 is 11.6 Å². The molecule has 1 saturated heterocycles. The molecule has 108 valence electrons. The topological polar surface area (TPSA) is 59.2 Å². The maximum absolute atomic E-state index is 11.1. The molecule has 1 amide bonds. The quantitative estimate of drug-likeness (QED) is 0.939. The number of aromatic nitrogens is 1. The summed E-state index contributed by atoms with van der Waals surface area (Å²) >= 11 is 0. The third-order valence-electron chi connectivity index (χ3n) is 4.31. The summed E-state index contributed by atoms with van der Waals surface area (Å²) in [7, 11) is 0. The normalized spacial score (nSPS) is 21.5. The van der Waals surface area contributed by atoms with Gasteiger partial charge in [0.25, 0.3) is 5.91 Å².